The molecule has 8 nitrogen and oxygen atoms in total. The van der Waals surface area contributed by atoms with E-state index in [9.17, 15) is 18.0 Å². The van der Waals surface area contributed by atoms with Crippen molar-refractivity contribution in [3.05, 3.63) is 62.9 Å². The van der Waals surface area contributed by atoms with E-state index in [0.29, 0.717) is 22.3 Å². The third-order valence-corrected chi connectivity index (χ3v) is 6.00. The van der Waals surface area contributed by atoms with Crippen molar-refractivity contribution < 1.29 is 13.2 Å². The number of carbonyl (C=O) groups is 1. The van der Waals surface area contributed by atoms with E-state index in [2.05, 4.69) is 17.2 Å². The van der Waals surface area contributed by atoms with Gasteiger partial charge >= 0.3 is 0 Å². The lowest BCUT2D eigenvalue weighted by molar-refractivity contribution is 0.0951. The van der Waals surface area contributed by atoms with Crippen LogP contribution in [0.4, 0.5) is 5.82 Å². The lowest BCUT2D eigenvalue weighted by atomic mass is 9.97. The first kappa shape index (κ1) is 21.5. The van der Waals surface area contributed by atoms with Crippen LogP contribution in [0.5, 0.6) is 0 Å². The monoisotopic (exact) mass is 428 g/mol. The molecule has 2 aromatic rings. The first-order valence-electron chi connectivity index (χ1n) is 9.35. The second kappa shape index (κ2) is 7.91. The van der Waals surface area contributed by atoms with Crippen LogP contribution in [0.15, 0.2) is 40.7 Å². The minimum atomic E-state index is -3.59. The summed E-state index contributed by atoms with van der Waals surface area (Å²) in [5.41, 5.74) is 2.05. The molecule has 1 fully saturated rings. The zero-order valence-electron chi connectivity index (χ0n) is 17.1. The molecule has 0 unspecified atom stereocenters. The Hall–Kier alpha value is -3.20. The summed E-state index contributed by atoms with van der Waals surface area (Å²) < 4.78 is 24.6. The van der Waals surface area contributed by atoms with Gasteiger partial charge in [-0.25, -0.2) is 8.42 Å². The van der Waals surface area contributed by atoms with Crippen LogP contribution in [0.25, 0.3) is 11.1 Å². The van der Waals surface area contributed by atoms with Crippen LogP contribution in [0, 0.1) is 12.3 Å². The Morgan fingerprint density at radius 1 is 1.27 bits per heavy atom. The second-order valence-corrected chi connectivity index (χ2v) is 9.51. The average Bonchev–Trinajstić information content (AvgIpc) is 3.49. The van der Waals surface area contributed by atoms with Crippen molar-refractivity contribution >= 4 is 27.8 Å². The van der Waals surface area contributed by atoms with E-state index < -0.39 is 15.4 Å². The number of aryl methyl sites for hydroxylation is 1. The highest BCUT2D eigenvalue weighted by molar-refractivity contribution is 7.94. The second-order valence-electron chi connectivity index (χ2n) is 7.47. The van der Waals surface area contributed by atoms with Gasteiger partial charge in [-0.2, -0.15) is 0 Å². The summed E-state index contributed by atoms with van der Waals surface area (Å²) in [4.78, 5) is 25.5. The summed E-state index contributed by atoms with van der Waals surface area (Å²) in [5, 5.41) is 13.0. The molecular weight excluding hydrogens is 404 g/mol. The third-order valence-electron chi connectivity index (χ3n) is 5.01. The topological polar surface area (TPSA) is 121 Å². The molecule has 1 heterocycles. The van der Waals surface area contributed by atoms with E-state index in [1.54, 1.807) is 18.2 Å². The normalized spacial score (nSPS) is 13.6. The molecule has 1 aromatic carbocycles. The minimum Gasteiger partial charge on any atom is -0.349 e. The summed E-state index contributed by atoms with van der Waals surface area (Å²) in [6.07, 6.45) is 3.97. The van der Waals surface area contributed by atoms with Gasteiger partial charge in [0.05, 0.1) is 0 Å². The summed E-state index contributed by atoms with van der Waals surface area (Å²) in [5.74, 6) is -0.0416. The number of nitrogens with zero attached hydrogens (tertiary/aromatic N) is 1. The molecule has 1 aliphatic rings. The van der Waals surface area contributed by atoms with E-state index in [4.69, 9.17) is 5.41 Å². The number of pyridine rings is 1. The smallest absolute Gasteiger partial charge is 0.259 e. The predicted molar refractivity (Wildman–Crippen MR) is 118 cm³/mol. The Balaban J connectivity index is 2.10. The van der Waals surface area contributed by atoms with Gasteiger partial charge < -0.3 is 16.0 Å². The molecule has 3 rings (SSSR count). The lowest BCUT2D eigenvalue weighted by Crippen LogP contribution is -2.26. The molecule has 3 N–H and O–H groups in total. The molecule has 1 amide bonds. The van der Waals surface area contributed by atoms with Gasteiger partial charge in [0, 0.05) is 42.3 Å². The molecule has 0 radical (unpaired) electrons. The van der Waals surface area contributed by atoms with E-state index in [1.165, 1.54) is 17.7 Å². The van der Waals surface area contributed by atoms with Crippen molar-refractivity contribution in [3.63, 3.8) is 0 Å². The standard InChI is InChI=1S/C21H24N4O4S/c1-12-5-6-14(20(26)24-16-7-8-16)9-17(12)18-10-15(11-22)19(25(3)21(18)27)23-13(2)30(4,28)29/h5-6,9-11,16,22-23H,2,7-8H2,1,3-4H3,(H,24,26). The molecule has 9 heteroatoms. The SMILES string of the molecule is C=C(Nc1c(C=N)cc(-c2cc(C(=O)NC3CC3)ccc2C)c(=O)n1C)S(C)(=O)=O. The number of nitrogens with one attached hydrogen (secondary N) is 3. The highest BCUT2D eigenvalue weighted by Crippen LogP contribution is 2.26. The van der Waals surface area contributed by atoms with Crippen molar-refractivity contribution in [2.24, 2.45) is 7.05 Å². The number of aromatic nitrogens is 1. The van der Waals surface area contributed by atoms with Gasteiger partial charge in [-0.3, -0.25) is 14.2 Å². The zero-order chi connectivity index (χ0) is 22.2. The molecule has 30 heavy (non-hydrogen) atoms. The Labute approximate surface area is 175 Å². The van der Waals surface area contributed by atoms with Crippen LogP contribution >= 0.6 is 0 Å². The highest BCUT2D eigenvalue weighted by Gasteiger charge is 2.24. The summed E-state index contributed by atoms with van der Waals surface area (Å²) in [6.45, 7) is 5.32. The molecule has 0 saturated heterocycles. The Morgan fingerprint density at radius 2 is 1.93 bits per heavy atom. The van der Waals surface area contributed by atoms with E-state index in [-0.39, 0.29) is 22.8 Å². The van der Waals surface area contributed by atoms with Crippen LogP contribution in [-0.4, -0.2) is 37.4 Å². The Morgan fingerprint density at radius 3 is 2.50 bits per heavy atom. The van der Waals surface area contributed by atoms with Crippen LogP contribution in [-0.2, 0) is 16.9 Å². The number of rotatable bonds is 7. The molecule has 1 aliphatic carbocycles. The number of hydrogen-bond acceptors (Lipinski definition) is 6. The predicted octanol–water partition coefficient (Wildman–Crippen LogP) is 2.18. The van der Waals surface area contributed by atoms with Crippen molar-refractivity contribution in [2.75, 3.05) is 11.6 Å². The van der Waals surface area contributed by atoms with Gasteiger partial charge in [0.2, 0.25) is 0 Å². The molecule has 0 spiro atoms. The Bertz CT molecular complexity index is 1220. The van der Waals surface area contributed by atoms with Crippen LogP contribution in [0.1, 0.15) is 34.3 Å². The number of benzene rings is 1. The molecule has 0 aliphatic heterocycles. The molecule has 1 aromatic heterocycles. The van der Waals surface area contributed by atoms with Gasteiger partial charge in [0.15, 0.2) is 9.84 Å². The molecule has 0 bridgehead atoms. The van der Waals surface area contributed by atoms with E-state index >= 15 is 0 Å². The zero-order valence-corrected chi connectivity index (χ0v) is 17.9. The number of hydrogen-bond donors (Lipinski definition) is 3. The molecular formula is C21H24N4O4S. The quantitative estimate of drug-likeness (QED) is 0.584. The largest absolute Gasteiger partial charge is 0.349 e. The van der Waals surface area contributed by atoms with Gasteiger partial charge in [-0.15, -0.1) is 0 Å². The molecule has 0 atom stereocenters. The van der Waals surface area contributed by atoms with Gasteiger partial charge in [-0.1, -0.05) is 12.6 Å². The molecule has 158 valence electrons. The maximum absolute atomic E-state index is 13.1. The number of amides is 1. The van der Waals surface area contributed by atoms with Crippen LogP contribution in [0.3, 0.4) is 0 Å². The minimum absolute atomic E-state index is 0.148. The first-order valence-corrected chi connectivity index (χ1v) is 11.2. The number of sulfone groups is 1. The average molecular weight is 429 g/mol. The van der Waals surface area contributed by atoms with Gasteiger partial charge in [-0.05, 0) is 49.1 Å². The summed E-state index contributed by atoms with van der Waals surface area (Å²) >= 11 is 0. The van der Waals surface area contributed by atoms with E-state index in [1.807, 2.05) is 6.92 Å². The van der Waals surface area contributed by atoms with Crippen molar-refractivity contribution in [1.82, 2.24) is 9.88 Å². The van der Waals surface area contributed by atoms with Crippen LogP contribution < -0.4 is 16.2 Å². The summed E-state index contributed by atoms with van der Waals surface area (Å²) in [6, 6.07) is 6.88. The fraction of sp³-hybridized carbons (Fsp3) is 0.286. The van der Waals surface area contributed by atoms with Crippen LogP contribution in [0.2, 0.25) is 0 Å². The molecule has 1 saturated carbocycles. The fourth-order valence-electron chi connectivity index (χ4n) is 3.00. The third kappa shape index (κ3) is 4.35. The first-order chi connectivity index (χ1) is 14.0. The maximum Gasteiger partial charge on any atom is 0.259 e. The number of carbonyl (C=O) groups excluding carboxylic acids is 1. The fourth-order valence-corrected chi connectivity index (χ4v) is 3.28. The van der Waals surface area contributed by atoms with Gasteiger partial charge in [0.25, 0.3) is 11.5 Å². The maximum atomic E-state index is 13.1. The van der Waals surface area contributed by atoms with Crippen molar-refractivity contribution in [1.29, 1.82) is 5.41 Å². The van der Waals surface area contributed by atoms with E-state index in [0.717, 1.165) is 30.9 Å². The number of anilines is 1. The van der Waals surface area contributed by atoms with Gasteiger partial charge in [0.1, 0.15) is 10.8 Å². The summed E-state index contributed by atoms with van der Waals surface area (Å²) in [7, 11) is -2.10. The van der Waals surface area contributed by atoms with Crippen molar-refractivity contribution in [3.8, 4) is 11.1 Å². The highest BCUT2D eigenvalue weighted by atomic mass is 32.2. The van der Waals surface area contributed by atoms with Crippen molar-refractivity contribution in [2.45, 2.75) is 25.8 Å². The Kier molecular flexibility index (Phi) is 5.67. The lowest BCUT2D eigenvalue weighted by Gasteiger charge is -2.17.